The number of benzene rings is 1. The van der Waals surface area contributed by atoms with Crippen molar-refractivity contribution in [3.63, 3.8) is 0 Å². The van der Waals surface area contributed by atoms with Gasteiger partial charge in [0, 0.05) is 16.2 Å². The first kappa shape index (κ1) is 14.9. The second kappa shape index (κ2) is 6.14. The number of carbonyl (C=O) groups is 2. The van der Waals surface area contributed by atoms with Gasteiger partial charge in [-0.25, -0.2) is 4.79 Å². The highest BCUT2D eigenvalue weighted by molar-refractivity contribution is 14.1. The van der Waals surface area contributed by atoms with Crippen LogP contribution in [0.25, 0.3) is 0 Å². The zero-order valence-corrected chi connectivity index (χ0v) is 12.2. The number of methoxy groups -OCH3 is 1. The molecule has 0 radical (unpaired) electrons. The zero-order valence-electron chi connectivity index (χ0n) is 10.1. The van der Waals surface area contributed by atoms with E-state index in [1.54, 1.807) is 18.2 Å². The van der Waals surface area contributed by atoms with Gasteiger partial charge in [0.2, 0.25) is 0 Å². The van der Waals surface area contributed by atoms with Crippen molar-refractivity contribution in [1.29, 1.82) is 0 Å². The molecular formula is C12H14INO4. The minimum absolute atomic E-state index is 0.0992. The van der Waals surface area contributed by atoms with E-state index in [0.717, 1.165) is 3.57 Å². The summed E-state index contributed by atoms with van der Waals surface area (Å²) < 4.78 is 5.74. The SMILES string of the molecule is COCC(C)(NC(=O)c1cccc(I)c1)C(=O)O. The largest absolute Gasteiger partial charge is 0.479 e. The number of halogens is 1. The van der Waals surface area contributed by atoms with E-state index in [-0.39, 0.29) is 6.61 Å². The van der Waals surface area contributed by atoms with Crippen LogP contribution in [0, 0.1) is 3.57 Å². The lowest BCUT2D eigenvalue weighted by atomic mass is 10.0. The van der Waals surface area contributed by atoms with E-state index in [1.807, 2.05) is 6.07 Å². The molecule has 0 aliphatic rings. The molecule has 0 heterocycles. The minimum Gasteiger partial charge on any atom is -0.479 e. The molecular weight excluding hydrogens is 349 g/mol. The van der Waals surface area contributed by atoms with Crippen LogP contribution in [-0.2, 0) is 9.53 Å². The first-order valence-corrected chi connectivity index (χ1v) is 6.27. The maximum Gasteiger partial charge on any atom is 0.331 e. The van der Waals surface area contributed by atoms with Gasteiger partial charge in [0.1, 0.15) is 0 Å². The summed E-state index contributed by atoms with van der Waals surface area (Å²) in [7, 11) is 1.39. The Morgan fingerprint density at radius 3 is 2.67 bits per heavy atom. The van der Waals surface area contributed by atoms with Crippen molar-refractivity contribution in [2.45, 2.75) is 12.5 Å². The topological polar surface area (TPSA) is 75.6 Å². The highest BCUT2D eigenvalue weighted by Crippen LogP contribution is 2.11. The number of carboxylic acids is 1. The van der Waals surface area contributed by atoms with E-state index < -0.39 is 17.4 Å². The van der Waals surface area contributed by atoms with Gasteiger partial charge < -0.3 is 15.2 Å². The molecule has 6 heteroatoms. The lowest BCUT2D eigenvalue weighted by molar-refractivity contribution is -0.145. The molecule has 1 atom stereocenters. The fourth-order valence-corrected chi connectivity index (χ4v) is 1.94. The molecule has 1 rings (SSSR count). The first-order chi connectivity index (χ1) is 8.39. The Bertz CT molecular complexity index is 463. The summed E-state index contributed by atoms with van der Waals surface area (Å²) in [5.41, 5.74) is -1.02. The van der Waals surface area contributed by atoms with Gasteiger partial charge in [0.15, 0.2) is 5.54 Å². The Morgan fingerprint density at radius 2 is 2.17 bits per heavy atom. The van der Waals surface area contributed by atoms with Crippen LogP contribution in [0.1, 0.15) is 17.3 Å². The van der Waals surface area contributed by atoms with Gasteiger partial charge in [-0.3, -0.25) is 4.79 Å². The molecule has 0 aliphatic heterocycles. The Balaban J connectivity index is 2.88. The Labute approximate surface area is 119 Å². The van der Waals surface area contributed by atoms with E-state index >= 15 is 0 Å². The van der Waals surface area contributed by atoms with E-state index in [4.69, 9.17) is 9.84 Å². The summed E-state index contributed by atoms with van der Waals surface area (Å²) >= 11 is 2.09. The normalized spacial score (nSPS) is 13.7. The predicted octanol–water partition coefficient (Wildman–Crippen LogP) is 1.51. The molecule has 18 heavy (non-hydrogen) atoms. The third-order valence-electron chi connectivity index (χ3n) is 2.38. The molecule has 5 nitrogen and oxygen atoms in total. The van der Waals surface area contributed by atoms with Crippen LogP contribution < -0.4 is 5.32 Å². The number of carboxylic acid groups (broad SMARTS) is 1. The van der Waals surface area contributed by atoms with Gasteiger partial charge >= 0.3 is 5.97 Å². The van der Waals surface area contributed by atoms with E-state index in [0.29, 0.717) is 5.56 Å². The quantitative estimate of drug-likeness (QED) is 0.778. The molecule has 1 aromatic rings. The van der Waals surface area contributed by atoms with Crippen molar-refractivity contribution >= 4 is 34.5 Å². The molecule has 0 aliphatic carbocycles. The average molecular weight is 363 g/mol. The van der Waals surface area contributed by atoms with Crippen molar-refractivity contribution in [3.8, 4) is 0 Å². The Morgan fingerprint density at radius 1 is 1.50 bits per heavy atom. The number of rotatable bonds is 5. The number of nitrogens with one attached hydrogen (secondary N) is 1. The van der Waals surface area contributed by atoms with Crippen LogP contribution in [0.4, 0.5) is 0 Å². The molecule has 1 unspecified atom stereocenters. The highest BCUT2D eigenvalue weighted by Gasteiger charge is 2.35. The van der Waals surface area contributed by atoms with Gasteiger partial charge in [-0.15, -0.1) is 0 Å². The fourth-order valence-electron chi connectivity index (χ4n) is 1.39. The second-order valence-electron chi connectivity index (χ2n) is 4.03. The number of amides is 1. The third kappa shape index (κ3) is 3.67. The molecule has 0 bridgehead atoms. The summed E-state index contributed by atoms with van der Waals surface area (Å²) in [6.07, 6.45) is 0. The Kier molecular flexibility index (Phi) is 5.09. The number of hydrogen-bond acceptors (Lipinski definition) is 3. The van der Waals surface area contributed by atoms with Crippen LogP contribution in [0.3, 0.4) is 0 Å². The van der Waals surface area contributed by atoms with E-state index in [2.05, 4.69) is 27.9 Å². The first-order valence-electron chi connectivity index (χ1n) is 5.19. The second-order valence-corrected chi connectivity index (χ2v) is 5.28. The van der Waals surface area contributed by atoms with Crippen molar-refractivity contribution in [2.24, 2.45) is 0 Å². The fraction of sp³-hybridized carbons (Fsp3) is 0.333. The van der Waals surface area contributed by atoms with Gasteiger partial charge in [0.05, 0.1) is 6.61 Å². The number of hydrogen-bond donors (Lipinski definition) is 2. The van der Waals surface area contributed by atoms with E-state index in [9.17, 15) is 9.59 Å². The number of carbonyl (C=O) groups excluding carboxylic acids is 1. The molecule has 0 spiro atoms. The van der Waals surface area contributed by atoms with Crippen molar-refractivity contribution in [1.82, 2.24) is 5.32 Å². The zero-order chi connectivity index (χ0) is 13.8. The summed E-state index contributed by atoms with van der Waals surface area (Å²) in [5.74, 6) is -1.57. The lowest BCUT2D eigenvalue weighted by Crippen LogP contribution is -2.55. The number of aliphatic carboxylic acids is 1. The molecule has 98 valence electrons. The monoisotopic (exact) mass is 363 g/mol. The van der Waals surface area contributed by atoms with Crippen LogP contribution >= 0.6 is 22.6 Å². The van der Waals surface area contributed by atoms with Crippen molar-refractivity contribution < 1.29 is 19.4 Å². The van der Waals surface area contributed by atoms with Crippen LogP contribution in [0.15, 0.2) is 24.3 Å². The molecule has 0 saturated carbocycles. The van der Waals surface area contributed by atoms with Crippen LogP contribution in [-0.4, -0.2) is 36.2 Å². The lowest BCUT2D eigenvalue weighted by Gasteiger charge is -2.25. The average Bonchev–Trinajstić information content (AvgIpc) is 2.29. The molecule has 0 saturated heterocycles. The highest BCUT2D eigenvalue weighted by atomic mass is 127. The van der Waals surface area contributed by atoms with Gasteiger partial charge in [0.25, 0.3) is 5.91 Å². The molecule has 1 amide bonds. The summed E-state index contributed by atoms with van der Waals surface area (Å²) in [4.78, 5) is 23.1. The molecule has 0 aromatic heterocycles. The summed E-state index contributed by atoms with van der Waals surface area (Å²) in [5, 5.41) is 11.6. The third-order valence-corrected chi connectivity index (χ3v) is 3.05. The minimum atomic E-state index is -1.44. The maximum absolute atomic E-state index is 12.0. The maximum atomic E-state index is 12.0. The van der Waals surface area contributed by atoms with E-state index in [1.165, 1.54) is 14.0 Å². The van der Waals surface area contributed by atoms with Gasteiger partial charge in [-0.1, -0.05) is 6.07 Å². The van der Waals surface area contributed by atoms with Crippen LogP contribution in [0.2, 0.25) is 0 Å². The van der Waals surface area contributed by atoms with Crippen molar-refractivity contribution in [2.75, 3.05) is 13.7 Å². The van der Waals surface area contributed by atoms with Crippen LogP contribution in [0.5, 0.6) is 0 Å². The standard InChI is InChI=1S/C12H14INO4/c1-12(7-18-2,11(16)17)14-10(15)8-4-3-5-9(13)6-8/h3-6H,7H2,1-2H3,(H,14,15)(H,16,17). The number of ether oxygens (including phenoxy) is 1. The smallest absolute Gasteiger partial charge is 0.331 e. The molecule has 2 N–H and O–H groups in total. The predicted molar refractivity (Wildman–Crippen MR) is 74.5 cm³/mol. The summed E-state index contributed by atoms with van der Waals surface area (Å²) in [6.45, 7) is 1.31. The molecule has 1 aromatic carbocycles. The molecule has 0 fully saturated rings. The summed E-state index contributed by atoms with van der Waals surface area (Å²) in [6, 6.07) is 6.91. The van der Waals surface area contributed by atoms with Gasteiger partial charge in [-0.05, 0) is 47.7 Å². The van der Waals surface area contributed by atoms with Gasteiger partial charge in [-0.2, -0.15) is 0 Å². The Hall–Kier alpha value is -1.15. The van der Waals surface area contributed by atoms with Crippen molar-refractivity contribution in [3.05, 3.63) is 33.4 Å².